The number of rotatable bonds is 15. The van der Waals surface area contributed by atoms with Gasteiger partial charge in [-0.3, -0.25) is 19.2 Å². The van der Waals surface area contributed by atoms with Gasteiger partial charge >= 0.3 is 11.9 Å². The van der Waals surface area contributed by atoms with Crippen LogP contribution in [0.2, 0.25) is 0 Å². The molecule has 11 nitrogen and oxygen atoms in total. The molecule has 0 radical (unpaired) electrons. The minimum Gasteiger partial charge on any atom is -0.481 e. The van der Waals surface area contributed by atoms with Crippen LogP contribution in [-0.4, -0.2) is 81.8 Å². The summed E-state index contributed by atoms with van der Waals surface area (Å²) in [6, 6.07) is 3.94. The van der Waals surface area contributed by atoms with E-state index in [2.05, 4.69) is 28.6 Å². The Bertz CT molecular complexity index is 857. The average Bonchev–Trinajstić information content (AvgIpc) is 2.79. The normalized spacial score (nSPS) is 14.2. The molecule has 3 amide bonds. The third kappa shape index (κ3) is 10.4. The van der Waals surface area contributed by atoms with Crippen LogP contribution in [0.5, 0.6) is 0 Å². The van der Waals surface area contributed by atoms with Crippen molar-refractivity contribution in [2.24, 2.45) is 5.73 Å². The molecule has 34 heavy (non-hydrogen) atoms. The van der Waals surface area contributed by atoms with Gasteiger partial charge in [0.25, 0.3) is 0 Å². The van der Waals surface area contributed by atoms with Crippen molar-refractivity contribution in [3.8, 4) is 0 Å². The van der Waals surface area contributed by atoms with E-state index >= 15 is 0 Å². The molecule has 7 N–H and O–H groups in total. The van der Waals surface area contributed by atoms with Gasteiger partial charge in [0.15, 0.2) is 0 Å². The number of benzene rings is 1. The Morgan fingerprint density at radius 2 is 1.50 bits per heavy atom. The molecule has 0 saturated heterocycles. The number of hydrogen-bond donors (Lipinski definition) is 7. The topological polar surface area (TPSA) is 188 Å². The largest absolute Gasteiger partial charge is 0.481 e. The predicted molar refractivity (Wildman–Crippen MR) is 131 cm³/mol. The van der Waals surface area contributed by atoms with Crippen LogP contribution < -0.4 is 21.7 Å². The first kappa shape index (κ1) is 29.3. The van der Waals surface area contributed by atoms with E-state index in [1.165, 1.54) is 11.8 Å². The SMILES string of the molecule is CSCCC(NC(=O)C(Cc1ccccc1)NC(=O)C(CS)NC(=O)C(N)CC(=O)O)C(=O)O. The lowest BCUT2D eigenvalue weighted by Crippen LogP contribution is -2.58. The van der Waals surface area contributed by atoms with E-state index in [-0.39, 0.29) is 18.6 Å². The number of carbonyl (C=O) groups is 5. The number of carboxylic acids is 2. The van der Waals surface area contributed by atoms with Crippen molar-refractivity contribution in [3.05, 3.63) is 35.9 Å². The van der Waals surface area contributed by atoms with Crippen LogP contribution in [0.1, 0.15) is 18.4 Å². The maximum atomic E-state index is 12.9. The monoisotopic (exact) mass is 514 g/mol. The molecule has 0 heterocycles. The van der Waals surface area contributed by atoms with Gasteiger partial charge in [0.2, 0.25) is 17.7 Å². The summed E-state index contributed by atoms with van der Waals surface area (Å²) in [6.45, 7) is 0. The molecule has 1 aromatic rings. The fourth-order valence-electron chi connectivity index (χ4n) is 2.85. The summed E-state index contributed by atoms with van der Waals surface area (Å²) in [6.07, 6.45) is 1.45. The Morgan fingerprint density at radius 3 is 2.03 bits per heavy atom. The molecule has 1 aromatic carbocycles. The molecular weight excluding hydrogens is 484 g/mol. The molecule has 0 aliphatic heterocycles. The molecule has 0 aromatic heterocycles. The van der Waals surface area contributed by atoms with Crippen molar-refractivity contribution in [1.29, 1.82) is 0 Å². The Labute approximate surface area is 207 Å². The van der Waals surface area contributed by atoms with E-state index in [1.54, 1.807) is 30.3 Å². The van der Waals surface area contributed by atoms with Gasteiger partial charge in [-0.05, 0) is 24.0 Å². The molecule has 0 aliphatic rings. The molecule has 0 fully saturated rings. The van der Waals surface area contributed by atoms with Crippen molar-refractivity contribution >= 4 is 54.1 Å². The van der Waals surface area contributed by atoms with Gasteiger partial charge in [0.1, 0.15) is 18.1 Å². The van der Waals surface area contributed by atoms with Crippen LogP contribution in [0.3, 0.4) is 0 Å². The van der Waals surface area contributed by atoms with Gasteiger partial charge in [0.05, 0.1) is 12.5 Å². The van der Waals surface area contributed by atoms with E-state index in [0.717, 1.165) is 0 Å². The molecule has 4 unspecified atom stereocenters. The zero-order chi connectivity index (χ0) is 25.7. The van der Waals surface area contributed by atoms with Crippen LogP contribution in [0.25, 0.3) is 0 Å². The summed E-state index contributed by atoms with van der Waals surface area (Å²) in [4.78, 5) is 60.2. The van der Waals surface area contributed by atoms with E-state index < -0.39 is 60.2 Å². The summed E-state index contributed by atoms with van der Waals surface area (Å²) in [5.74, 6) is -4.41. The average molecular weight is 515 g/mol. The van der Waals surface area contributed by atoms with E-state index in [9.17, 15) is 29.1 Å². The number of amides is 3. The lowest BCUT2D eigenvalue weighted by atomic mass is 10.0. The second kappa shape index (κ2) is 15.2. The number of nitrogens with one attached hydrogen (secondary N) is 3. The zero-order valence-corrected chi connectivity index (χ0v) is 20.3. The molecule has 0 bridgehead atoms. The van der Waals surface area contributed by atoms with Gasteiger partial charge in [-0.1, -0.05) is 30.3 Å². The lowest BCUT2D eigenvalue weighted by Gasteiger charge is -2.24. The molecule has 0 saturated carbocycles. The number of carboxylic acid groups (broad SMARTS) is 2. The Kier molecular flexibility index (Phi) is 13.1. The van der Waals surface area contributed by atoms with Gasteiger partial charge in [-0.25, -0.2) is 4.79 Å². The zero-order valence-electron chi connectivity index (χ0n) is 18.6. The third-order valence-corrected chi connectivity index (χ3v) is 5.70. The Morgan fingerprint density at radius 1 is 0.941 bits per heavy atom. The molecule has 4 atom stereocenters. The minimum atomic E-state index is -1.37. The highest BCUT2D eigenvalue weighted by Crippen LogP contribution is 2.07. The maximum absolute atomic E-state index is 12.9. The Balaban J connectivity index is 2.99. The van der Waals surface area contributed by atoms with Crippen LogP contribution in [0.4, 0.5) is 0 Å². The number of carbonyl (C=O) groups excluding carboxylic acids is 3. The van der Waals surface area contributed by atoms with Crippen LogP contribution >= 0.6 is 24.4 Å². The van der Waals surface area contributed by atoms with Crippen molar-refractivity contribution in [2.45, 2.75) is 43.4 Å². The lowest BCUT2D eigenvalue weighted by molar-refractivity contribution is -0.142. The first-order valence-corrected chi connectivity index (χ1v) is 12.4. The second-order valence-electron chi connectivity index (χ2n) is 7.38. The fourth-order valence-corrected chi connectivity index (χ4v) is 3.58. The highest BCUT2D eigenvalue weighted by Gasteiger charge is 2.30. The van der Waals surface area contributed by atoms with Crippen molar-refractivity contribution in [2.75, 3.05) is 17.8 Å². The first-order chi connectivity index (χ1) is 16.1. The number of aliphatic carboxylic acids is 2. The summed E-state index contributed by atoms with van der Waals surface area (Å²) in [5, 5.41) is 25.5. The van der Waals surface area contributed by atoms with Crippen LogP contribution in [-0.2, 0) is 30.4 Å². The second-order valence-corrected chi connectivity index (χ2v) is 8.73. The van der Waals surface area contributed by atoms with E-state index in [4.69, 9.17) is 10.8 Å². The van der Waals surface area contributed by atoms with Gasteiger partial charge in [-0.15, -0.1) is 0 Å². The van der Waals surface area contributed by atoms with Crippen LogP contribution in [0.15, 0.2) is 30.3 Å². The molecule has 0 aliphatic carbocycles. The summed E-state index contributed by atoms with van der Waals surface area (Å²) in [5.41, 5.74) is 6.24. The van der Waals surface area contributed by atoms with Crippen molar-refractivity contribution in [1.82, 2.24) is 16.0 Å². The van der Waals surface area contributed by atoms with Gasteiger partial charge < -0.3 is 31.9 Å². The summed E-state index contributed by atoms with van der Waals surface area (Å²) >= 11 is 5.48. The standard InChI is InChI=1S/C21H30N4O7S2/c1-34-8-7-14(21(31)32)23-19(29)15(9-12-5-3-2-4-6-12)24-20(30)16(11-33)25-18(28)13(22)10-17(26)27/h2-6,13-16,33H,7-11,22H2,1H3,(H,23,29)(H,24,30)(H,25,28)(H,26,27)(H,31,32). The van der Waals surface area contributed by atoms with E-state index in [0.29, 0.717) is 11.3 Å². The molecule has 0 spiro atoms. The first-order valence-electron chi connectivity index (χ1n) is 10.3. The molecular formula is C21H30N4O7S2. The van der Waals surface area contributed by atoms with Gasteiger partial charge in [-0.2, -0.15) is 24.4 Å². The molecule has 13 heteroatoms. The minimum absolute atomic E-state index is 0.0685. The quantitative estimate of drug-likeness (QED) is 0.148. The molecule has 1 rings (SSSR count). The van der Waals surface area contributed by atoms with Crippen molar-refractivity contribution in [3.63, 3.8) is 0 Å². The molecule has 188 valence electrons. The van der Waals surface area contributed by atoms with Crippen LogP contribution in [0, 0.1) is 0 Å². The number of hydrogen-bond acceptors (Lipinski definition) is 8. The maximum Gasteiger partial charge on any atom is 0.326 e. The van der Waals surface area contributed by atoms with E-state index in [1.807, 2.05) is 6.26 Å². The smallest absolute Gasteiger partial charge is 0.326 e. The number of nitrogens with two attached hydrogens (primary N) is 1. The van der Waals surface area contributed by atoms with Gasteiger partial charge in [0, 0.05) is 12.2 Å². The summed E-state index contributed by atoms with van der Waals surface area (Å²) < 4.78 is 0. The highest BCUT2D eigenvalue weighted by molar-refractivity contribution is 7.98. The number of thiol groups is 1. The highest BCUT2D eigenvalue weighted by atomic mass is 32.2. The number of thioether (sulfide) groups is 1. The summed E-state index contributed by atoms with van der Waals surface area (Å²) in [7, 11) is 0. The predicted octanol–water partition coefficient (Wildman–Crippen LogP) is -0.747. The third-order valence-electron chi connectivity index (χ3n) is 4.69. The van der Waals surface area contributed by atoms with Crippen molar-refractivity contribution < 1.29 is 34.2 Å². The Hall–Kier alpha value is -2.77. The fraction of sp³-hybridized carbons (Fsp3) is 0.476.